The van der Waals surface area contributed by atoms with Gasteiger partial charge in [-0.15, -0.1) is 0 Å². The topological polar surface area (TPSA) is 46.2 Å². The van der Waals surface area contributed by atoms with E-state index in [1.807, 2.05) is 41.1 Å². The Bertz CT molecular complexity index is 951. The predicted molar refractivity (Wildman–Crippen MR) is 94.9 cm³/mol. The first-order valence-electron chi connectivity index (χ1n) is 7.34. The molecule has 1 heterocycles. The van der Waals surface area contributed by atoms with Crippen molar-refractivity contribution < 1.29 is 12.8 Å². The van der Waals surface area contributed by atoms with E-state index in [2.05, 4.69) is 4.72 Å². The third kappa shape index (κ3) is 3.56. The second kappa shape index (κ2) is 6.84. The van der Waals surface area contributed by atoms with Gasteiger partial charge >= 0.3 is 0 Å². The van der Waals surface area contributed by atoms with Gasteiger partial charge in [0.15, 0.2) is 0 Å². The molecule has 3 nitrogen and oxygen atoms in total. The zero-order valence-corrected chi connectivity index (χ0v) is 14.6. The first-order chi connectivity index (χ1) is 11.5. The summed E-state index contributed by atoms with van der Waals surface area (Å²) in [5, 5.41) is 4.01. The van der Waals surface area contributed by atoms with E-state index >= 15 is 0 Å². The lowest BCUT2D eigenvalue weighted by Gasteiger charge is -2.11. The minimum absolute atomic E-state index is 0.0643. The molecule has 0 saturated heterocycles. The Hall–Kier alpha value is -2.02. The van der Waals surface area contributed by atoms with Crippen LogP contribution in [-0.2, 0) is 16.6 Å². The molecular weight excluding hydrogens is 345 g/mol. The molecule has 0 aliphatic heterocycles. The molecule has 0 bridgehead atoms. The van der Waals surface area contributed by atoms with Crippen molar-refractivity contribution in [1.29, 1.82) is 0 Å². The maximum atomic E-state index is 13.3. The molecule has 0 saturated carbocycles. The fourth-order valence-electron chi connectivity index (χ4n) is 2.41. The summed E-state index contributed by atoms with van der Waals surface area (Å²) in [4.78, 5) is 0.0643. The summed E-state index contributed by atoms with van der Waals surface area (Å²) in [7, 11) is -3.70. The van der Waals surface area contributed by atoms with Gasteiger partial charge in [0.1, 0.15) is 5.82 Å². The van der Waals surface area contributed by atoms with Crippen LogP contribution in [0.5, 0.6) is 0 Å². The summed E-state index contributed by atoms with van der Waals surface area (Å²) >= 11 is 1.59. The molecule has 0 amide bonds. The molecule has 0 spiro atoms. The Morgan fingerprint density at radius 1 is 1.12 bits per heavy atom. The molecule has 24 heavy (non-hydrogen) atoms. The van der Waals surface area contributed by atoms with Crippen LogP contribution in [0.25, 0.3) is 11.1 Å². The molecular formula is C18H16FNO2S2. The van der Waals surface area contributed by atoms with Gasteiger partial charge < -0.3 is 0 Å². The van der Waals surface area contributed by atoms with Crippen LogP contribution in [0, 0.1) is 12.7 Å². The van der Waals surface area contributed by atoms with Crippen LogP contribution in [0.4, 0.5) is 4.39 Å². The summed E-state index contributed by atoms with van der Waals surface area (Å²) in [6.07, 6.45) is 0. The van der Waals surface area contributed by atoms with Crippen LogP contribution in [-0.4, -0.2) is 8.42 Å². The van der Waals surface area contributed by atoms with Crippen LogP contribution in [0.15, 0.2) is 64.2 Å². The van der Waals surface area contributed by atoms with Gasteiger partial charge in [-0.2, -0.15) is 11.3 Å². The maximum absolute atomic E-state index is 13.3. The van der Waals surface area contributed by atoms with Gasteiger partial charge in [-0.1, -0.05) is 24.3 Å². The number of sulfonamides is 1. The van der Waals surface area contributed by atoms with Crippen LogP contribution in [0.1, 0.15) is 11.1 Å². The third-order valence-electron chi connectivity index (χ3n) is 3.74. The van der Waals surface area contributed by atoms with E-state index in [1.54, 1.807) is 18.3 Å². The number of benzene rings is 2. The van der Waals surface area contributed by atoms with E-state index in [0.717, 1.165) is 16.7 Å². The van der Waals surface area contributed by atoms with Crippen molar-refractivity contribution in [2.45, 2.75) is 18.4 Å². The molecule has 0 radical (unpaired) electrons. The van der Waals surface area contributed by atoms with Gasteiger partial charge in [0.2, 0.25) is 10.0 Å². The molecule has 0 aliphatic rings. The van der Waals surface area contributed by atoms with Gasteiger partial charge in [0.25, 0.3) is 0 Å². The molecule has 6 heteroatoms. The number of nitrogens with one attached hydrogen (secondary N) is 1. The Morgan fingerprint density at radius 3 is 2.62 bits per heavy atom. The molecule has 0 fully saturated rings. The average molecular weight is 361 g/mol. The minimum atomic E-state index is -3.70. The SMILES string of the molecule is Cc1cc(S(=O)(=O)NCc2ccccc2-c2ccsc2)ccc1F. The molecule has 1 aromatic heterocycles. The molecule has 3 rings (SSSR count). The molecule has 0 aliphatic carbocycles. The van der Waals surface area contributed by atoms with Crippen molar-refractivity contribution in [3.63, 3.8) is 0 Å². The van der Waals surface area contributed by atoms with Crippen molar-refractivity contribution in [3.05, 3.63) is 76.2 Å². The minimum Gasteiger partial charge on any atom is -0.207 e. The Labute approximate surface area is 144 Å². The lowest BCUT2D eigenvalue weighted by Crippen LogP contribution is -2.23. The number of thiophene rings is 1. The van der Waals surface area contributed by atoms with E-state index in [1.165, 1.54) is 18.2 Å². The summed E-state index contributed by atoms with van der Waals surface area (Å²) in [5.41, 5.74) is 3.25. The smallest absolute Gasteiger partial charge is 0.207 e. The zero-order valence-electron chi connectivity index (χ0n) is 13.0. The lowest BCUT2D eigenvalue weighted by molar-refractivity contribution is 0.580. The van der Waals surface area contributed by atoms with E-state index in [0.29, 0.717) is 5.56 Å². The summed E-state index contributed by atoms with van der Waals surface area (Å²) < 4.78 is 40.8. The largest absolute Gasteiger partial charge is 0.240 e. The zero-order chi connectivity index (χ0) is 17.2. The quantitative estimate of drug-likeness (QED) is 0.735. The normalized spacial score (nSPS) is 11.6. The van der Waals surface area contributed by atoms with Crippen molar-refractivity contribution >= 4 is 21.4 Å². The number of rotatable bonds is 5. The molecule has 0 unspecified atom stereocenters. The van der Waals surface area contributed by atoms with E-state index in [9.17, 15) is 12.8 Å². The van der Waals surface area contributed by atoms with E-state index in [-0.39, 0.29) is 11.4 Å². The fraction of sp³-hybridized carbons (Fsp3) is 0.111. The second-order valence-electron chi connectivity index (χ2n) is 5.40. The van der Waals surface area contributed by atoms with Crippen LogP contribution >= 0.6 is 11.3 Å². The van der Waals surface area contributed by atoms with E-state index < -0.39 is 15.8 Å². The number of hydrogen-bond donors (Lipinski definition) is 1. The predicted octanol–water partition coefficient (Wildman–Crippen LogP) is 4.34. The Kier molecular flexibility index (Phi) is 4.80. The van der Waals surface area contributed by atoms with Gasteiger partial charge in [-0.05, 0) is 64.2 Å². The third-order valence-corrected chi connectivity index (χ3v) is 5.82. The Morgan fingerprint density at radius 2 is 1.92 bits per heavy atom. The highest BCUT2D eigenvalue weighted by Crippen LogP contribution is 2.26. The summed E-state index contributed by atoms with van der Waals surface area (Å²) in [5.74, 6) is -0.420. The highest BCUT2D eigenvalue weighted by Gasteiger charge is 2.16. The highest BCUT2D eigenvalue weighted by atomic mass is 32.2. The fourth-order valence-corrected chi connectivity index (χ4v) is 4.16. The highest BCUT2D eigenvalue weighted by molar-refractivity contribution is 7.89. The average Bonchev–Trinajstić information content (AvgIpc) is 3.10. The monoisotopic (exact) mass is 361 g/mol. The Balaban J connectivity index is 1.84. The summed E-state index contributed by atoms with van der Waals surface area (Å²) in [6, 6.07) is 13.4. The second-order valence-corrected chi connectivity index (χ2v) is 7.95. The van der Waals surface area contributed by atoms with Crippen molar-refractivity contribution in [1.82, 2.24) is 4.72 Å². The first-order valence-corrected chi connectivity index (χ1v) is 9.76. The molecule has 0 atom stereocenters. The molecule has 3 aromatic rings. The summed E-state index contributed by atoms with van der Waals surface area (Å²) in [6.45, 7) is 1.71. The van der Waals surface area contributed by atoms with Crippen molar-refractivity contribution in [3.8, 4) is 11.1 Å². The number of halogens is 1. The van der Waals surface area contributed by atoms with E-state index in [4.69, 9.17) is 0 Å². The molecule has 124 valence electrons. The van der Waals surface area contributed by atoms with Crippen molar-refractivity contribution in [2.75, 3.05) is 0 Å². The lowest BCUT2D eigenvalue weighted by atomic mass is 10.0. The van der Waals surface area contributed by atoms with Crippen LogP contribution in [0.3, 0.4) is 0 Å². The standard InChI is InChI=1S/C18H16FNO2S2/c1-13-10-16(6-7-18(13)19)24(21,22)20-11-14-4-2-3-5-17(14)15-8-9-23-12-15/h2-10,12,20H,11H2,1H3. The number of hydrogen-bond acceptors (Lipinski definition) is 3. The van der Waals surface area contributed by atoms with Gasteiger partial charge in [-0.3, -0.25) is 0 Å². The van der Waals surface area contributed by atoms with Crippen LogP contribution < -0.4 is 4.72 Å². The van der Waals surface area contributed by atoms with Crippen molar-refractivity contribution in [2.24, 2.45) is 0 Å². The van der Waals surface area contributed by atoms with Gasteiger partial charge in [0.05, 0.1) is 4.90 Å². The molecule has 2 aromatic carbocycles. The van der Waals surface area contributed by atoms with Gasteiger partial charge in [-0.25, -0.2) is 17.5 Å². The first kappa shape index (κ1) is 16.8. The van der Waals surface area contributed by atoms with Crippen LogP contribution in [0.2, 0.25) is 0 Å². The molecule has 1 N–H and O–H groups in total. The van der Waals surface area contributed by atoms with Gasteiger partial charge in [0, 0.05) is 6.54 Å². The maximum Gasteiger partial charge on any atom is 0.240 e. The number of aryl methyl sites for hydroxylation is 1.